The number of phenols is 4. The predicted molar refractivity (Wildman–Crippen MR) is 294 cm³/mol. The first kappa shape index (κ1) is 58.8. The van der Waals surface area contributed by atoms with Crippen LogP contribution in [0, 0.1) is 5.92 Å². The summed E-state index contributed by atoms with van der Waals surface area (Å²) in [5.74, 6) is 1.16. The zero-order valence-corrected chi connectivity index (χ0v) is 45.4. The molecule has 24 heteroatoms. The van der Waals surface area contributed by atoms with Gasteiger partial charge >= 0.3 is 0 Å². The van der Waals surface area contributed by atoms with E-state index in [1.807, 2.05) is 38.6 Å². The Morgan fingerprint density at radius 1 is 0.446 bits per heavy atom. The lowest BCUT2D eigenvalue weighted by Crippen LogP contribution is -2.32. The van der Waals surface area contributed by atoms with Crippen LogP contribution in [0.1, 0.15) is 56.9 Å². The molecule has 20 nitrogen and oxygen atoms in total. The number of hydrogen-bond donors (Lipinski definition) is 12. The maximum atomic E-state index is 11.7. The number of hydrogen-bond acceptors (Lipinski definition) is 12. The van der Waals surface area contributed by atoms with Gasteiger partial charge in [0.15, 0.2) is 0 Å². The van der Waals surface area contributed by atoms with E-state index in [9.17, 15) is 54.1 Å². The number of aromatic hydroxyl groups is 4. The van der Waals surface area contributed by atoms with E-state index in [2.05, 4.69) is 38.8 Å². The molecule has 0 fully saturated rings. The van der Waals surface area contributed by atoms with Crippen LogP contribution in [0.5, 0.6) is 23.0 Å². The molecule has 404 valence electrons. The average Bonchev–Trinajstić information content (AvgIpc) is 4.12. The molecule has 4 aromatic carbocycles. The molecule has 0 radical (unpaired) electrons. The first-order valence-electron chi connectivity index (χ1n) is 23.8. The largest absolute Gasteiger partial charge is 0.508 e. The molecule has 4 heterocycles. The Labute approximate surface area is 432 Å². The van der Waals surface area contributed by atoms with Crippen molar-refractivity contribution >= 4 is 83.7 Å². The number of aromatic nitrogens is 4. The van der Waals surface area contributed by atoms with E-state index in [0.717, 1.165) is 72.1 Å². The molecule has 0 aliphatic carbocycles. The molecular formula is C50H68N8O12S4. The van der Waals surface area contributed by atoms with Crippen molar-refractivity contribution in [2.24, 2.45) is 5.92 Å². The fraction of sp³-hybridized carbons (Fsp3) is 0.360. The highest BCUT2D eigenvalue weighted by molar-refractivity contribution is 7.90. The molecule has 0 atom stereocenters. The van der Waals surface area contributed by atoms with Gasteiger partial charge in [-0.3, -0.25) is 0 Å². The van der Waals surface area contributed by atoms with Crippen molar-refractivity contribution in [1.82, 2.24) is 38.8 Å². The topological polar surface area (TPSA) is 329 Å². The van der Waals surface area contributed by atoms with E-state index >= 15 is 0 Å². The number of aromatic amines is 4. The van der Waals surface area contributed by atoms with Gasteiger partial charge in [0.2, 0.25) is 40.1 Å². The highest BCUT2D eigenvalue weighted by atomic mass is 32.2. The molecule has 0 saturated carbocycles. The number of sulfonamides is 4. The van der Waals surface area contributed by atoms with E-state index in [-0.39, 0.29) is 40.4 Å². The average molecular weight is 1100 g/mol. The third-order valence-electron chi connectivity index (χ3n) is 11.4. The Morgan fingerprint density at radius 2 is 0.743 bits per heavy atom. The van der Waals surface area contributed by atoms with Crippen LogP contribution in [0.4, 0.5) is 0 Å². The van der Waals surface area contributed by atoms with Crippen LogP contribution in [0.25, 0.3) is 43.6 Å². The van der Waals surface area contributed by atoms with Crippen LogP contribution < -0.4 is 18.9 Å². The van der Waals surface area contributed by atoms with E-state index in [0.29, 0.717) is 51.9 Å². The van der Waals surface area contributed by atoms with Crippen LogP contribution in [-0.4, -0.2) is 123 Å². The zero-order chi connectivity index (χ0) is 54.4. The monoisotopic (exact) mass is 1100 g/mol. The summed E-state index contributed by atoms with van der Waals surface area (Å²) >= 11 is 0. The van der Waals surface area contributed by atoms with Gasteiger partial charge < -0.3 is 40.4 Å². The lowest BCUT2D eigenvalue weighted by molar-refractivity contribution is 0.475. The third kappa shape index (κ3) is 18.1. The summed E-state index contributed by atoms with van der Waals surface area (Å²) in [6.45, 7) is 10.1. The third-order valence-corrected chi connectivity index (χ3v) is 17.2. The van der Waals surface area contributed by atoms with Crippen molar-refractivity contribution in [3.63, 3.8) is 0 Å². The molecule has 0 spiro atoms. The van der Waals surface area contributed by atoms with Crippen LogP contribution in [0.3, 0.4) is 0 Å². The number of nitrogens with one attached hydrogen (secondary N) is 8. The van der Waals surface area contributed by atoms with E-state index in [4.69, 9.17) is 0 Å². The van der Waals surface area contributed by atoms with Gasteiger partial charge in [-0.2, -0.15) is 0 Å². The Kier molecular flexibility index (Phi) is 20.6. The lowest BCUT2D eigenvalue weighted by Gasteiger charge is -2.08. The molecule has 4 aromatic heterocycles. The highest BCUT2D eigenvalue weighted by Gasteiger charge is 2.16. The van der Waals surface area contributed by atoms with Crippen LogP contribution in [0.2, 0.25) is 0 Å². The molecule has 0 aliphatic heterocycles. The Balaban J connectivity index is 0.000000183. The molecule has 8 rings (SSSR count). The van der Waals surface area contributed by atoms with Crippen molar-refractivity contribution in [1.29, 1.82) is 0 Å². The zero-order valence-electron chi connectivity index (χ0n) is 42.2. The van der Waals surface area contributed by atoms with Gasteiger partial charge in [0.1, 0.15) is 23.0 Å². The molecular weight excluding hydrogens is 1030 g/mol. The van der Waals surface area contributed by atoms with Crippen molar-refractivity contribution in [2.75, 3.05) is 43.9 Å². The standard InChI is InChI=1S/C14H20N2O3S.C13H18N2O3S.C12H16N2O3S.C11H14N2O3S/c1-10(2)9-20(18,19)16-6-5-11-8-15-14-4-3-12(17)7-13(11)14;1-9(2)19(17,18)15-6-5-10-8-14-13-4-3-11(16)7-12(10)13;1-2-18(16,17)14-6-5-9-8-13-12-4-3-10(15)7-11(9)12;1-17(15,16)13-5-4-8-7-12-11-3-2-9(14)6-10(8)11/h3-4,7-8,10,15-17H,5-6,9H2,1-2H3;3-4,7-9,14-16H,5-6H2,1-2H3;3-4,7-8,13-15H,2,5-6H2,1H3;2-3,6-7,12-14H,4-5H2,1H3. The fourth-order valence-corrected chi connectivity index (χ4v) is 10.9. The smallest absolute Gasteiger partial charge is 0.213 e. The molecule has 0 unspecified atom stereocenters. The van der Waals surface area contributed by atoms with Crippen molar-refractivity contribution < 1.29 is 54.1 Å². The maximum Gasteiger partial charge on any atom is 0.213 e. The first-order chi connectivity index (χ1) is 34.7. The second-order valence-electron chi connectivity index (χ2n) is 18.2. The number of benzene rings is 4. The van der Waals surface area contributed by atoms with Crippen LogP contribution >= 0.6 is 0 Å². The van der Waals surface area contributed by atoms with E-state index < -0.39 is 45.3 Å². The number of fused-ring (bicyclic) bond motifs is 4. The van der Waals surface area contributed by atoms with Gasteiger partial charge in [-0.25, -0.2) is 52.6 Å². The molecule has 0 aliphatic rings. The summed E-state index contributed by atoms with van der Waals surface area (Å²) in [6.07, 6.45) is 10.8. The van der Waals surface area contributed by atoms with Gasteiger partial charge in [0, 0.05) is 94.6 Å². The minimum absolute atomic E-state index is 0.0850. The second kappa shape index (κ2) is 25.9. The Bertz CT molecular complexity index is 3590. The van der Waals surface area contributed by atoms with Gasteiger partial charge in [-0.15, -0.1) is 0 Å². The quantitative estimate of drug-likeness (QED) is 0.0415. The van der Waals surface area contributed by atoms with Crippen LogP contribution in [0.15, 0.2) is 97.6 Å². The normalized spacial score (nSPS) is 12.2. The highest BCUT2D eigenvalue weighted by Crippen LogP contribution is 2.26. The van der Waals surface area contributed by atoms with E-state index in [1.54, 1.807) is 93.6 Å². The lowest BCUT2D eigenvalue weighted by atomic mass is 10.1. The summed E-state index contributed by atoms with van der Waals surface area (Å²) in [5, 5.41) is 41.1. The van der Waals surface area contributed by atoms with Gasteiger partial charge in [0.25, 0.3) is 0 Å². The minimum atomic E-state index is -3.22. The molecule has 12 N–H and O–H groups in total. The number of phenolic OH excluding ortho intramolecular Hbond substituents is 4. The van der Waals surface area contributed by atoms with Gasteiger partial charge in [-0.1, -0.05) is 13.8 Å². The predicted octanol–water partition coefficient (Wildman–Crippen LogP) is 6.06. The Morgan fingerprint density at radius 3 is 1.03 bits per heavy atom. The molecule has 0 amide bonds. The molecule has 74 heavy (non-hydrogen) atoms. The first-order valence-corrected chi connectivity index (χ1v) is 30.5. The molecule has 0 bridgehead atoms. The van der Waals surface area contributed by atoms with Crippen molar-refractivity contribution in [3.05, 3.63) is 120 Å². The number of H-pyrrole nitrogens is 4. The fourth-order valence-electron chi connectivity index (χ4n) is 7.64. The van der Waals surface area contributed by atoms with E-state index in [1.165, 1.54) is 0 Å². The molecule has 0 saturated heterocycles. The summed E-state index contributed by atoms with van der Waals surface area (Å²) < 4.78 is 101. The maximum absolute atomic E-state index is 11.7. The van der Waals surface area contributed by atoms with Crippen molar-refractivity contribution in [2.45, 2.75) is 65.6 Å². The summed E-state index contributed by atoms with van der Waals surface area (Å²) in [7, 11) is -12.7. The van der Waals surface area contributed by atoms with Gasteiger partial charge in [0.05, 0.1) is 23.0 Å². The SMILES string of the molecule is CC(C)CS(=O)(=O)NCCc1c[nH]c2ccc(O)cc12.CC(C)S(=O)(=O)NCCc1c[nH]c2ccc(O)cc12.CCS(=O)(=O)NCCc1c[nH]c2ccc(O)cc12.CS(=O)(=O)NCCc1c[nH]c2ccc(O)cc12. The Hall–Kier alpha value is -6.12. The molecule has 8 aromatic rings. The van der Waals surface area contributed by atoms with Gasteiger partial charge in [-0.05, 0) is 147 Å². The number of rotatable bonds is 20. The summed E-state index contributed by atoms with van der Waals surface area (Å²) in [4.78, 5) is 12.4. The van der Waals surface area contributed by atoms with Crippen LogP contribution in [-0.2, 0) is 65.8 Å². The minimum Gasteiger partial charge on any atom is -0.508 e. The summed E-state index contributed by atoms with van der Waals surface area (Å²) in [6, 6.07) is 20.4. The van der Waals surface area contributed by atoms with Crippen molar-refractivity contribution in [3.8, 4) is 23.0 Å². The summed E-state index contributed by atoms with van der Waals surface area (Å²) in [5.41, 5.74) is 7.66. The second-order valence-corrected chi connectivity index (χ2v) is 26.3.